The van der Waals surface area contributed by atoms with E-state index in [0.29, 0.717) is 16.5 Å². The summed E-state index contributed by atoms with van der Waals surface area (Å²) in [5, 5.41) is 6.02. The summed E-state index contributed by atoms with van der Waals surface area (Å²) < 4.78 is 25.5. The van der Waals surface area contributed by atoms with Crippen LogP contribution in [0.5, 0.6) is 0 Å². The number of thiazole rings is 1. The number of hydrogen-bond donors (Lipinski definition) is 2. The summed E-state index contributed by atoms with van der Waals surface area (Å²) in [5.74, 6) is -1.39. The molecule has 0 unspecified atom stereocenters. The van der Waals surface area contributed by atoms with E-state index in [-0.39, 0.29) is 0 Å². The van der Waals surface area contributed by atoms with Crippen LogP contribution in [0.3, 0.4) is 0 Å². The van der Waals surface area contributed by atoms with Crippen molar-refractivity contribution in [3.05, 3.63) is 40.8 Å². The Morgan fingerprint density at radius 1 is 1.35 bits per heavy atom. The first-order valence-corrected chi connectivity index (χ1v) is 5.48. The monoisotopic (exact) mass is 254 g/mol. The van der Waals surface area contributed by atoms with Gasteiger partial charge in [0.15, 0.2) is 11.6 Å². The molecule has 1 aromatic heterocycles. The summed E-state index contributed by atoms with van der Waals surface area (Å²) in [4.78, 5) is 3.91. The highest BCUT2D eigenvalue weighted by Crippen LogP contribution is 2.16. The van der Waals surface area contributed by atoms with E-state index < -0.39 is 11.6 Å². The number of aromatic nitrogens is 1. The van der Waals surface area contributed by atoms with E-state index >= 15 is 0 Å². The van der Waals surface area contributed by atoms with Gasteiger partial charge in [-0.05, 0) is 17.7 Å². The molecule has 0 aliphatic carbocycles. The molecule has 0 aliphatic rings. The average molecular weight is 254 g/mol. The average Bonchev–Trinajstić information content (AvgIpc) is 2.70. The molecule has 2 aromatic rings. The molecule has 1 heterocycles. The minimum atomic E-state index is -0.910. The number of benzene rings is 1. The van der Waals surface area contributed by atoms with Gasteiger partial charge in [0.25, 0.3) is 0 Å². The molecule has 0 radical (unpaired) electrons. The fraction of sp³-hybridized carbons (Fsp3) is 0. The van der Waals surface area contributed by atoms with Crippen LogP contribution in [0, 0.1) is 11.6 Å². The summed E-state index contributed by atoms with van der Waals surface area (Å²) in [6.45, 7) is 0. The van der Waals surface area contributed by atoms with Gasteiger partial charge in [0.1, 0.15) is 5.82 Å². The second-order valence-corrected chi connectivity index (χ2v) is 3.98. The first kappa shape index (κ1) is 11.5. The third kappa shape index (κ3) is 2.97. The quantitative estimate of drug-likeness (QED) is 0.653. The molecule has 0 amide bonds. The molecule has 7 heteroatoms. The summed E-state index contributed by atoms with van der Waals surface area (Å²) in [6.07, 6.45) is 1.36. The molecular formula is C10H8F2N4S. The summed E-state index contributed by atoms with van der Waals surface area (Å²) >= 11 is 1.30. The maximum absolute atomic E-state index is 12.8. The van der Waals surface area contributed by atoms with Crippen LogP contribution in [0.2, 0.25) is 0 Å². The lowest BCUT2D eigenvalue weighted by atomic mass is 10.2. The predicted octanol–water partition coefficient (Wildman–Crippen LogP) is 2.45. The van der Waals surface area contributed by atoms with E-state index in [1.807, 2.05) is 0 Å². The lowest BCUT2D eigenvalue weighted by Gasteiger charge is -1.95. The van der Waals surface area contributed by atoms with Crippen molar-refractivity contribution in [2.75, 3.05) is 11.2 Å². The van der Waals surface area contributed by atoms with Gasteiger partial charge in [-0.1, -0.05) is 6.07 Å². The first-order chi connectivity index (χ1) is 8.15. The van der Waals surface area contributed by atoms with Gasteiger partial charge < -0.3 is 5.73 Å². The maximum Gasteiger partial charge on any atom is 0.205 e. The van der Waals surface area contributed by atoms with Crippen molar-refractivity contribution in [1.29, 1.82) is 0 Å². The molecule has 0 aliphatic heterocycles. The topological polar surface area (TPSA) is 63.3 Å². The van der Waals surface area contributed by atoms with Crippen molar-refractivity contribution >= 4 is 28.5 Å². The smallest absolute Gasteiger partial charge is 0.205 e. The Hall–Kier alpha value is -2.02. The van der Waals surface area contributed by atoms with Gasteiger partial charge in [-0.15, -0.1) is 11.3 Å². The SMILES string of the molecule is Nc1csc(NN=Cc2ccc(F)c(F)c2)n1. The van der Waals surface area contributed by atoms with Crippen molar-refractivity contribution < 1.29 is 8.78 Å². The molecular weight excluding hydrogens is 246 g/mol. The number of halogens is 2. The lowest BCUT2D eigenvalue weighted by Crippen LogP contribution is -1.92. The highest BCUT2D eigenvalue weighted by Gasteiger charge is 2.00. The summed E-state index contributed by atoms with van der Waals surface area (Å²) in [5.41, 5.74) is 8.49. The lowest BCUT2D eigenvalue weighted by molar-refractivity contribution is 0.508. The minimum absolute atomic E-state index is 0.403. The Morgan fingerprint density at radius 3 is 2.82 bits per heavy atom. The van der Waals surface area contributed by atoms with E-state index in [2.05, 4.69) is 15.5 Å². The van der Waals surface area contributed by atoms with Crippen LogP contribution in [0.4, 0.5) is 19.7 Å². The van der Waals surface area contributed by atoms with Gasteiger partial charge in [0.2, 0.25) is 5.13 Å². The summed E-state index contributed by atoms with van der Waals surface area (Å²) in [6, 6.07) is 3.51. The number of nitrogen functional groups attached to an aromatic ring is 1. The van der Waals surface area contributed by atoms with Crippen LogP contribution in [-0.2, 0) is 0 Å². The van der Waals surface area contributed by atoms with Gasteiger partial charge in [-0.3, -0.25) is 5.43 Å². The van der Waals surface area contributed by atoms with Gasteiger partial charge in [-0.25, -0.2) is 13.8 Å². The molecule has 0 fully saturated rings. The van der Waals surface area contributed by atoms with Gasteiger partial charge >= 0.3 is 0 Å². The minimum Gasteiger partial charge on any atom is -0.383 e. The first-order valence-electron chi connectivity index (χ1n) is 4.60. The third-order valence-electron chi connectivity index (χ3n) is 1.84. The van der Waals surface area contributed by atoms with Crippen LogP contribution in [-0.4, -0.2) is 11.2 Å². The second kappa shape index (κ2) is 4.88. The fourth-order valence-electron chi connectivity index (χ4n) is 1.09. The van der Waals surface area contributed by atoms with Crippen molar-refractivity contribution in [2.24, 2.45) is 5.10 Å². The van der Waals surface area contributed by atoms with E-state index in [4.69, 9.17) is 5.73 Å². The van der Waals surface area contributed by atoms with Crippen molar-refractivity contribution in [2.45, 2.75) is 0 Å². The molecule has 2 rings (SSSR count). The second-order valence-electron chi connectivity index (χ2n) is 3.12. The molecule has 0 atom stereocenters. The van der Waals surface area contributed by atoms with Crippen LogP contribution in [0.15, 0.2) is 28.7 Å². The predicted molar refractivity (Wildman–Crippen MR) is 64.1 cm³/mol. The maximum atomic E-state index is 12.8. The molecule has 0 saturated heterocycles. The Labute approximate surface area is 99.8 Å². The Bertz CT molecular complexity index is 553. The molecule has 88 valence electrons. The fourth-order valence-corrected chi connectivity index (χ4v) is 1.64. The standard InChI is InChI=1S/C10H8F2N4S/c11-7-2-1-6(3-8(7)12)4-14-16-10-15-9(13)5-17-10/h1-5H,13H2,(H,15,16). The van der Waals surface area contributed by atoms with Gasteiger partial charge in [-0.2, -0.15) is 5.10 Å². The zero-order valence-electron chi connectivity index (χ0n) is 8.52. The van der Waals surface area contributed by atoms with Crippen LogP contribution < -0.4 is 11.2 Å². The van der Waals surface area contributed by atoms with E-state index in [9.17, 15) is 8.78 Å². The molecule has 17 heavy (non-hydrogen) atoms. The number of nitrogens with one attached hydrogen (secondary N) is 1. The molecule has 0 spiro atoms. The van der Waals surface area contributed by atoms with Gasteiger partial charge in [0, 0.05) is 5.38 Å². The van der Waals surface area contributed by atoms with Crippen molar-refractivity contribution in [3.8, 4) is 0 Å². The normalized spacial score (nSPS) is 10.9. The van der Waals surface area contributed by atoms with Crippen molar-refractivity contribution in [1.82, 2.24) is 4.98 Å². The number of anilines is 2. The third-order valence-corrected chi connectivity index (χ3v) is 2.60. The highest BCUT2D eigenvalue weighted by atomic mass is 32.1. The molecule has 3 N–H and O–H groups in total. The van der Waals surface area contributed by atoms with Crippen LogP contribution in [0.1, 0.15) is 5.56 Å². The van der Waals surface area contributed by atoms with E-state index in [1.54, 1.807) is 5.38 Å². The molecule has 4 nitrogen and oxygen atoms in total. The zero-order chi connectivity index (χ0) is 12.3. The zero-order valence-corrected chi connectivity index (χ0v) is 9.34. The number of nitrogens with zero attached hydrogens (tertiary/aromatic N) is 2. The number of hydrogen-bond acceptors (Lipinski definition) is 5. The number of rotatable bonds is 3. The van der Waals surface area contributed by atoms with Crippen molar-refractivity contribution in [3.63, 3.8) is 0 Å². The van der Waals surface area contributed by atoms with Crippen LogP contribution in [0.25, 0.3) is 0 Å². The Morgan fingerprint density at radius 2 is 2.18 bits per heavy atom. The Balaban J connectivity index is 2.03. The Kier molecular flexibility index (Phi) is 3.29. The van der Waals surface area contributed by atoms with Crippen LogP contribution >= 0.6 is 11.3 Å². The molecule has 1 aromatic carbocycles. The van der Waals surface area contributed by atoms with E-state index in [0.717, 1.165) is 12.1 Å². The molecule has 0 bridgehead atoms. The highest BCUT2D eigenvalue weighted by molar-refractivity contribution is 7.14. The van der Waals surface area contributed by atoms with E-state index in [1.165, 1.54) is 23.6 Å². The number of nitrogens with two attached hydrogens (primary N) is 1. The summed E-state index contributed by atoms with van der Waals surface area (Å²) in [7, 11) is 0. The largest absolute Gasteiger partial charge is 0.383 e. The molecule has 0 saturated carbocycles. The number of hydrazone groups is 1. The van der Waals surface area contributed by atoms with Gasteiger partial charge in [0.05, 0.1) is 6.21 Å².